The molecule has 2 aliphatic heterocycles. The Kier molecular flexibility index (Phi) is 11.2. The zero-order valence-corrected chi connectivity index (χ0v) is 27.5. The second kappa shape index (κ2) is 15.3. The quantitative estimate of drug-likeness (QED) is 0.149. The van der Waals surface area contributed by atoms with E-state index in [4.69, 9.17) is 28.7 Å². The molecule has 0 aromatic heterocycles. The van der Waals surface area contributed by atoms with Crippen molar-refractivity contribution in [2.24, 2.45) is 0 Å². The molecule has 0 N–H and O–H groups in total. The summed E-state index contributed by atoms with van der Waals surface area (Å²) >= 11 is 0. The van der Waals surface area contributed by atoms with Crippen molar-refractivity contribution in [3.05, 3.63) is 83.4 Å². The first kappa shape index (κ1) is 33.7. The highest BCUT2D eigenvalue weighted by molar-refractivity contribution is 7.89. The summed E-state index contributed by atoms with van der Waals surface area (Å²) in [5.41, 5.74) is 3.67. The third-order valence-corrected chi connectivity index (χ3v) is 10.1. The Labute approximate surface area is 270 Å². The van der Waals surface area contributed by atoms with E-state index in [1.807, 2.05) is 43.3 Å². The molecule has 0 amide bonds. The molecule has 0 spiro atoms. The third-order valence-electron chi connectivity index (χ3n) is 8.24. The Morgan fingerprint density at radius 2 is 1.72 bits per heavy atom. The van der Waals surface area contributed by atoms with E-state index in [9.17, 15) is 13.2 Å². The average molecular weight is 655 g/mol. The number of anilines is 1. The predicted octanol–water partition coefficient (Wildman–Crippen LogP) is 4.48. The van der Waals surface area contributed by atoms with E-state index in [0.717, 1.165) is 47.6 Å². The van der Waals surface area contributed by atoms with Gasteiger partial charge < -0.3 is 23.8 Å². The number of nitrogens with zero attached hydrogens (tertiary/aromatic N) is 2. The highest BCUT2D eigenvalue weighted by atomic mass is 32.2. The number of methoxy groups -OCH3 is 2. The van der Waals surface area contributed by atoms with Crippen molar-refractivity contribution in [1.29, 1.82) is 0 Å². The number of sulfonamides is 1. The van der Waals surface area contributed by atoms with Crippen molar-refractivity contribution in [2.75, 3.05) is 58.5 Å². The van der Waals surface area contributed by atoms with Crippen LogP contribution in [0.25, 0.3) is 0 Å². The number of rotatable bonds is 13. The molecule has 11 nitrogen and oxygen atoms in total. The minimum atomic E-state index is -3.93. The molecule has 0 bridgehead atoms. The highest BCUT2D eigenvalue weighted by Crippen LogP contribution is 2.37. The fraction of sp³-hybridized carbons (Fsp3) is 0.441. The van der Waals surface area contributed by atoms with Gasteiger partial charge in [0.15, 0.2) is 0 Å². The van der Waals surface area contributed by atoms with Gasteiger partial charge in [-0.25, -0.2) is 13.2 Å². The van der Waals surface area contributed by atoms with Gasteiger partial charge in [-0.1, -0.05) is 35.9 Å². The van der Waals surface area contributed by atoms with Crippen LogP contribution in [0.15, 0.2) is 71.6 Å². The van der Waals surface area contributed by atoms with Crippen LogP contribution in [0.1, 0.15) is 36.0 Å². The second-order valence-corrected chi connectivity index (χ2v) is 13.4. The summed E-state index contributed by atoms with van der Waals surface area (Å²) in [6, 6.07) is 20.1. The molecule has 12 heteroatoms. The maximum Gasteiger partial charge on any atom is 0.339 e. The van der Waals surface area contributed by atoms with Crippen LogP contribution in [0.5, 0.6) is 11.5 Å². The lowest BCUT2D eigenvalue weighted by molar-refractivity contribution is -0.309. The van der Waals surface area contributed by atoms with Gasteiger partial charge in [-0.2, -0.15) is 9.19 Å². The van der Waals surface area contributed by atoms with Crippen molar-refractivity contribution >= 4 is 21.7 Å². The molecule has 5 rings (SSSR count). The fourth-order valence-electron chi connectivity index (χ4n) is 5.87. The normalized spacial score (nSPS) is 20.1. The van der Waals surface area contributed by atoms with Gasteiger partial charge in [-0.3, -0.25) is 4.89 Å². The lowest BCUT2D eigenvalue weighted by Gasteiger charge is -2.42. The zero-order valence-electron chi connectivity index (χ0n) is 26.7. The number of fused-ring (bicyclic) bond motifs is 1. The van der Waals surface area contributed by atoms with Gasteiger partial charge in [-0.05, 0) is 60.9 Å². The average Bonchev–Trinajstić information content (AvgIpc) is 3.06. The van der Waals surface area contributed by atoms with Crippen molar-refractivity contribution in [1.82, 2.24) is 4.31 Å². The first-order valence-electron chi connectivity index (χ1n) is 15.4. The molecule has 1 fully saturated rings. The van der Waals surface area contributed by atoms with Crippen LogP contribution in [-0.2, 0) is 40.7 Å². The molecule has 1 saturated heterocycles. The summed E-state index contributed by atoms with van der Waals surface area (Å²) < 4.78 is 52.2. The van der Waals surface area contributed by atoms with E-state index < -0.39 is 34.1 Å². The molecule has 2 aliphatic rings. The number of carbonyl (C=O) groups is 1. The van der Waals surface area contributed by atoms with Crippen LogP contribution in [0, 0.1) is 6.92 Å². The van der Waals surface area contributed by atoms with Crippen LogP contribution in [0.4, 0.5) is 5.69 Å². The Morgan fingerprint density at radius 3 is 2.41 bits per heavy atom. The summed E-state index contributed by atoms with van der Waals surface area (Å²) in [4.78, 5) is 24.9. The Morgan fingerprint density at radius 1 is 0.978 bits per heavy atom. The van der Waals surface area contributed by atoms with Crippen LogP contribution in [0.2, 0.25) is 0 Å². The highest BCUT2D eigenvalue weighted by Gasteiger charge is 2.45. The van der Waals surface area contributed by atoms with Crippen molar-refractivity contribution in [3.63, 3.8) is 0 Å². The summed E-state index contributed by atoms with van der Waals surface area (Å²) in [5.74, 6) is 0.368. The molecule has 3 aromatic rings. The van der Waals surface area contributed by atoms with Crippen molar-refractivity contribution < 1.29 is 41.9 Å². The van der Waals surface area contributed by atoms with E-state index in [1.165, 1.54) is 11.2 Å². The summed E-state index contributed by atoms with van der Waals surface area (Å²) in [6.45, 7) is 6.22. The molecule has 248 valence electrons. The molecule has 0 aliphatic carbocycles. The first-order valence-corrected chi connectivity index (χ1v) is 16.8. The zero-order chi connectivity index (χ0) is 32.7. The summed E-state index contributed by atoms with van der Waals surface area (Å²) in [5, 5.41) is 0. The van der Waals surface area contributed by atoms with Crippen LogP contribution in [0.3, 0.4) is 0 Å². The number of hydrogen-bond acceptors (Lipinski definition) is 10. The smallest absolute Gasteiger partial charge is 0.339 e. The van der Waals surface area contributed by atoms with Gasteiger partial charge in [0.05, 0.1) is 36.9 Å². The van der Waals surface area contributed by atoms with Crippen LogP contribution in [-0.4, -0.2) is 84.5 Å². The van der Waals surface area contributed by atoms with Gasteiger partial charge >= 0.3 is 5.97 Å². The molecular formula is C34H42N2O9S. The van der Waals surface area contributed by atoms with Crippen molar-refractivity contribution in [3.8, 4) is 11.5 Å². The van der Waals surface area contributed by atoms with Gasteiger partial charge in [-0.15, -0.1) is 0 Å². The van der Waals surface area contributed by atoms with E-state index in [2.05, 4.69) is 11.0 Å². The largest absolute Gasteiger partial charge is 0.497 e. The number of hydrogen-bond donors (Lipinski definition) is 0. The number of aryl methyl sites for hydroxylation is 1. The van der Waals surface area contributed by atoms with Crippen LogP contribution >= 0.6 is 0 Å². The van der Waals surface area contributed by atoms with E-state index in [1.54, 1.807) is 38.5 Å². The van der Waals surface area contributed by atoms with Crippen molar-refractivity contribution in [2.45, 2.75) is 49.9 Å². The molecule has 0 radical (unpaired) electrons. The second-order valence-electron chi connectivity index (χ2n) is 11.5. The Hall–Kier alpha value is -3.68. The minimum Gasteiger partial charge on any atom is -0.497 e. The number of piperidine rings is 1. The summed E-state index contributed by atoms with van der Waals surface area (Å²) in [7, 11) is -0.649. The van der Waals surface area contributed by atoms with E-state index >= 15 is 0 Å². The third kappa shape index (κ3) is 7.99. The maximum absolute atomic E-state index is 13.9. The lowest BCUT2D eigenvalue weighted by atomic mass is 9.85. The molecule has 3 atom stereocenters. The Balaban J connectivity index is 1.46. The standard InChI is InChI=1S/C34H42N2O9S/c1-24-6-13-29(14-7-24)46(38,39)36-21-32(34(33(22-36)45-44-25(2)37)27-9-11-28(41-4)12-10-27)43-23-26-8-15-31-30(20-26)35(17-19-42-31)16-5-18-40-3/h6-15,20,32-34H,5,16-19,21-23H2,1-4H3/t32-,33+,34+/m0/s1. The monoisotopic (exact) mass is 654 g/mol. The van der Waals surface area contributed by atoms with Gasteiger partial charge in [0, 0.05) is 46.2 Å². The molecule has 46 heavy (non-hydrogen) atoms. The fourth-order valence-corrected chi connectivity index (χ4v) is 7.34. The minimum absolute atomic E-state index is 0.0489. The number of benzene rings is 3. The first-order chi connectivity index (χ1) is 22.2. The van der Waals surface area contributed by atoms with E-state index in [-0.39, 0.29) is 24.6 Å². The topological polar surface area (TPSA) is 113 Å². The Bertz CT molecular complexity index is 1560. The lowest BCUT2D eigenvalue weighted by Crippen LogP contribution is -2.54. The van der Waals surface area contributed by atoms with Crippen LogP contribution < -0.4 is 14.4 Å². The van der Waals surface area contributed by atoms with Gasteiger partial charge in [0.2, 0.25) is 10.0 Å². The molecule has 3 aromatic carbocycles. The summed E-state index contributed by atoms with van der Waals surface area (Å²) in [6.07, 6.45) is -0.630. The maximum atomic E-state index is 13.9. The molecule has 0 unspecified atom stereocenters. The molecule has 2 heterocycles. The SMILES string of the molecule is COCCCN1CCOc2ccc(CO[C@H]3CN(S(=O)(=O)c4ccc(C)cc4)C[C@@H](OOC(C)=O)[C@@H]3c3ccc(OC)cc3)cc21. The van der Waals surface area contributed by atoms with Gasteiger partial charge in [0.25, 0.3) is 0 Å². The molecular weight excluding hydrogens is 612 g/mol. The van der Waals surface area contributed by atoms with E-state index in [0.29, 0.717) is 19.0 Å². The number of ether oxygens (including phenoxy) is 4. The molecule has 0 saturated carbocycles. The number of carbonyl (C=O) groups excluding carboxylic acids is 1. The van der Waals surface area contributed by atoms with Gasteiger partial charge in [0.1, 0.15) is 24.2 Å². The predicted molar refractivity (Wildman–Crippen MR) is 172 cm³/mol.